The van der Waals surface area contributed by atoms with Gasteiger partial charge >= 0.3 is 0 Å². The van der Waals surface area contributed by atoms with Gasteiger partial charge < -0.3 is 5.32 Å². The fraction of sp³-hybridized carbons (Fsp3) is 0.0303. The van der Waals surface area contributed by atoms with E-state index in [0.717, 1.165) is 50.1 Å². The van der Waals surface area contributed by atoms with Crippen LogP contribution in [-0.4, -0.2) is 37.0 Å². The van der Waals surface area contributed by atoms with Crippen LogP contribution >= 0.6 is 0 Å². The quantitative estimate of drug-likeness (QED) is 0.276. The smallest absolute Gasteiger partial charge is 0.240 e. The van der Waals surface area contributed by atoms with Gasteiger partial charge in [-0.2, -0.15) is 9.97 Å². The highest BCUT2D eigenvalue weighted by Crippen LogP contribution is 2.42. The van der Waals surface area contributed by atoms with E-state index >= 15 is 0 Å². The summed E-state index contributed by atoms with van der Waals surface area (Å²) in [6, 6.07) is 39.0. The molecule has 0 spiro atoms. The zero-order valence-electron chi connectivity index (χ0n) is 21.4. The number of anilines is 1. The monoisotopic (exact) mass is 517 g/mol. The Kier molecular flexibility index (Phi) is 5.06. The fourth-order valence-electron chi connectivity index (χ4n) is 5.53. The van der Waals surface area contributed by atoms with E-state index in [4.69, 9.17) is 15.0 Å². The summed E-state index contributed by atoms with van der Waals surface area (Å²) in [5.41, 5.74) is 6.94. The average Bonchev–Trinajstić information content (AvgIpc) is 3.55. The van der Waals surface area contributed by atoms with Gasteiger partial charge in [-0.3, -0.25) is 14.1 Å². The second-order valence-corrected chi connectivity index (χ2v) is 9.64. The van der Waals surface area contributed by atoms with Crippen molar-refractivity contribution in [1.29, 1.82) is 0 Å². The molecule has 0 saturated heterocycles. The Morgan fingerprint density at radius 2 is 1.20 bits per heavy atom. The predicted octanol–water partition coefficient (Wildman–Crippen LogP) is 6.90. The number of para-hydroxylation sites is 2. The average molecular weight is 518 g/mol. The molecule has 4 heterocycles. The molecule has 7 aromatic rings. The van der Waals surface area contributed by atoms with Crippen LogP contribution in [0.1, 0.15) is 5.69 Å². The Balaban J connectivity index is 1.52. The Morgan fingerprint density at radius 1 is 0.600 bits per heavy atom. The van der Waals surface area contributed by atoms with Crippen molar-refractivity contribution in [2.24, 2.45) is 4.99 Å². The Hall–Kier alpha value is -5.56. The maximum absolute atomic E-state index is 5.07. The van der Waals surface area contributed by atoms with E-state index in [9.17, 15) is 0 Å². The zero-order valence-corrected chi connectivity index (χ0v) is 21.4. The van der Waals surface area contributed by atoms with Gasteiger partial charge in [-0.05, 0) is 18.2 Å². The number of nitrogens with one attached hydrogen (secondary N) is 1. The van der Waals surface area contributed by atoms with Gasteiger partial charge in [0.05, 0.1) is 22.3 Å². The molecule has 0 radical (unpaired) electrons. The summed E-state index contributed by atoms with van der Waals surface area (Å²) in [6.45, 7) is 0.513. The predicted molar refractivity (Wildman–Crippen MR) is 160 cm³/mol. The number of rotatable bonds is 4. The molecule has 1 N–H and O–H groups in total. The summed E-state index contributed by atoms with van der Waals surface area (Å²) in [4.78, 5) is 19.6. The van der Waals surface area contributed by atoms with Crippen LogP contribution in [0.3, 0.4) is 0 Å². The summed E-state index contributed by atoms with van der Waals surface area (Å²) >= 11 is 0. The van der Waals surface area contributed by atoms with Gasteiger partial charge in [-0.25, -0.2) is 4.98 Å². The molecule has 4 aromatic carbocycles. The SMILES string of the molecule is C1=NCNc2c1n(-c1nc(-c3ccccc3)nc(-c3ccccc3)n1)c1c2c2ccccc2n1-c1ccccc1. The summed E-state index contributed by atoms with van der Waals surface area (Å²) in [5, 5.41) is 5.81. The molecule has 3 aromatic heterocycles. The number of fused-ring (bicyclic) bond motifs is 5. The van der Waals surface area contributed by atoms with Crippen molar-refractivity contribution in [3.8, 4) is 34.4 Å². The molecule has 7 nitrogen and oxygen atoms in total. The summed E-state index contributed by atoms with van der Waals surface area (Å²) in [7, 11) is 0. The normalized spacial score (nSPS) is 12.5. The van der Waals surface area contributed by atoms with Crippen molar-refractivity contribution in [2.45, 2.75) is 0 Å². The third kappa shape index (κ3) is 3.45. The maximum atomic E-state index is 5.07. The largest absolute Gasteiger partial charge is 0.364 e. The van der Waals surface area contributed by atoms with Gasteiger partial charge in [0.25, 0.3) is 0 Å². The van der Waals surface area contributed by atoms with Gasteiger partial charge in [-0.1, -0.05) is 97.1 Å². The van der Waals surface area contributed by atoms with E-state index in [2.05, 4.69) is 68.0 Å². The molecule has 0 bridgehead atoms. The maximum Gasteiger partial charge on any atom is 0.240 e. The van der Waals surface area contributed by atoms with Crippen molar-refractivity contribution >= 4 is 33.8 Å². The topological polar surface area (TPSA) is 72.9 Å². The van der Waals surface area contributed by atoms with Crippen molar-refractivity contribution in [3.63, 3.8) is 0 Å². The Morgan fingerprint density at radius 3 is 1.88 bits per heavy atom. The van der Waals surface area contributed by atoms with Gasteiger partial charge in [0.2, 0.25) is 5.95 Å². The van der Waals surface area contributed by atoms with E-state index in [-0.39, 0.29) is 0 Å². The summed E-state index contributed by atoms with van der Waals surface area (Å²) < 4.78 is 4.40. The number of hydrogen-bond acceptors (Lipinski definition) is 5. The van der Waals surface area contributed by atoms with Crippen molar-refractivity contribution < 1.29 is 0 Å². The molecule has 0 aliphatic carbocycles. The molecule has 0 fully saturated rings. The second-order valence-electron chi connectivity index (χ2n) is 9.64. The Labute approximate surface area is 230 Å². The molecular formula is C33H23N7. The molecule has 0 unspecified atom stereocenters. The van der Waals surface area contributed by atoms with Gasteiger partial charge in [0, 0.05) is 28.4 Å². The molecule has 190 valence electrons. The van der Waals surface area contributed by atoms with Gasteiger partial charge in [-0.15, -0.1) is 0 Å². The lowest BCUT2D eigenvalue weighted by Crippen LogP contribution is -2.14. The standard InChI is InChI=1S/C33H23N7/c1-4-12-22(13-5-1)30-36-31(23-14-6-2-7-15-23)38-33(37-30)40-27-20-34-21-35-29(27)28-25-18-10-11-19-26(25)39(32(28)40)24-16-8-3-9-17-24/h1-20,35H,21H2. The minimum atomic E-state index is 0.513. The van der Waals surface area contributed by atoms with Crippen LogP contribution in [0.25, 0.3) is 56.3 Å². The highest BCUT2D eigenvalue weighted by Gasteiger charge is 2.28. The lowest BCUT2D eigenvalue weighted by molar-refractivity contribution is 0.904. The van der Waals surface area contributed by atoms with E-state index in [0.29, 0.717) is 24.3 Å². The number of hydrogen-bond donors (Lipinski definition) is 1. The fourth-order valence-corrected chi connectivity index (χ4v) is 5.53. The molecule has 40 heavy (non-hydrogen) atoms. The van der Waals surface area contributed by atoms with Gasteiger partial charge in [0.15, 0.2) is 11.6 Å². The number of aliphatic imine (C=N–C) groups is 1. The molecule has 1 aliphatic heterocycles. The molecule has 0 saturated carbocycles. The molecule has 7 heteroatoms. The van der Waals surface area contributed by atoms with E-state index in [1.54, 1.807) is 0 Å². The highest BCUT2D eigenvalue weighted by atomic mass is 15.3. The lowest BCUT2D eigenvalue weighted by atomic mass is 10.2. The van der Waals surface area contributed by atoms with Crippen molar-refractivity contribution in [3.05, 3.63) is 121 Å². The van der Waals surface area contributed by atoms with E-state index in [1.165, 1.54) is 0 Å². The third-order valence-corrected chi connectivity index (χ3v) is 7.27. The van der Waals surface area contributed by atoms with Crippen LogP contribution < -0.4 is 5.32 Å². The first-order valence-electron chi connectivity index (χ1n) is 13.2. The summed E-state index contributed by atoms with van der Waals surface area (Å²) in [5.74, 6) is 1.76. The molecule has 0 atom stereocenters. The Bertz CT molecular complexity index is 1980. The first-order chi connectivity index (χ1) is 19.9. The first-order valence-corrected chi connectivity index (χ1v) is 13.2. The lowest BCUT2D eigenvalue weighted by Gasteiger charge is -2.15. The van der Waals surface area contributed by atoms with Gasteiger partial charge in [0.1, 0.15) is 12.3 Å². The number of benzene rings is 4. The van der Waals surface area contributed by atoms with Crippen molar-refractivity contribution in [1.82, 2.24) is 24.1 Å². The third-order valence-electron chi connectivity index (χ3n) is 7.27. The van der Waals surface area contributed by atoms with Crippen molar-refractivity contribution in [2.75, 3.05) is 12.0 Å². The first kappa shape index (κ1) is 22.4. The summed E-state index contributed by atoms with van der Waals surface area (Å²) in [6.07, 6.45) is 1.92. The van der Waals surface area contributed by atoms with Crippen LogP contribution in [0.15, 0.2) is 120 Å². The van der Waals surface area contributed by atoms with Crippen LogP contribution in [0, 0.1) is 0 Å². The molecule has 8 rings (SSSR count). The molecule has 0 amide bonds. The number of nitrogens with zero attached hydrogens (tertiary/aromatic N) is 6. The van der Waals surface area contributed by atoms with Crippen LogP contribution in [0.4, 0.5) is 5.69 Å². The second kappa shape index (κ2) is 9.03. The highest BCUT2D eigenvalue weighted by molar-refractivity contribution is 6.19. The number of aromatic nitrogens is 5. The minimum absolute atomic E-state index is 0.513. The van der Waals surface area contributed by atoms with E-state index < -0.39 is 0 Å². The van der Waals surface area contributed by atoms with Crippen LogP contribution in [0.2, 0.25) is 0 Å². The van der Waals surface area contributed by atoms with Crippen LogP contribution in [-0.2, 0) is 0 Å². The molecule has 1 aliphatic rings. The van der Waals surface area contributed by atoms with Crippen LogP contribution in [0.5, 0.6) is 0 Å². The van der Waals surface area contributed by atoms with E-state index in [1.807, 2.05) is 72.9 Å². The minimum Gasteiger partial charge on any atom is -0.364 e. The molecular weight excluding hydrogens is 494 g/mol. The zero-order chi connectivity index (χ0) is 26.5.